The van der Waals surface area contributed by atoms with E-state index >= 15 is 0 Å². The highest BCUT2D eigenvalue weighted by Crippen LogP contribution is 2.59. The molecule has 3 rings (SSSR count). The first-order valence-corrected chi connectivity index (χ1v) is 12.2. The fourth-order valence-electron chi connectivity index (χ4n) is 6.21. The number of rotatable bonds is 5. The van der Waals surface area contributed by atoms with Crippen molar-refractivity contribution in [2.24, 2.45) is 29.1 Å². The Labute approximate surface area is 184 Å². The van der Waals surface area contributed by atoms with E-state index in [4.69, 9.17) is 0 Å². The summed E-state index contributed by atoms with van der Waals surface area (Å²) in [5, 5.41) is 20.7. The lowest BCUT2D eigenvalue weighted by Crippen LogP contribution is -2.36. The minimum Gasteiger partial charge on any atom is -0.393 e. The van der Waals surface area contributed by atoms with Gasteiger partial charge in [-0.05, 0) is 93.0 Å². The topological polar surface area (TPSA) is 40.5 Å². The van der Waals surface area contributed by atoms with Crippen molar-refractivity contribution >= 4 is 0 Å². The smallest absolute Gasteiger partial charge is 0.0822 e. The third-order valence-electron chi connectivity index (χ3n) is 8.77. The van der Waals surface area contributed by atoms with Crippen molar-refractivity contribution in [1.82, 2.24) is 0 Å². The second-order valence-corrected chi connectivity index (χ2v) is 11.1. The van der Waals surface area contributed by atoms with E-state index in [1.165, 1.54) is 43.3 Å². The van der Waals surface area contributed by atoms with Gasteiger partial charge in [0, 0.05) is 0 Å². The molecule has 0 aromatic heterocycles. The highest BCUT2D eigenvalue weighted by atomic mass is 16.3. The third-order valence-corrected chi connectivity index (χ3v) is 8.77. The second-order valence-electron chi connectivity index (χ2n) is 11.1. The van der Waals surface area contributed by atoms with Gasteiger partial charge in [-0.3, -0.25) is 0 Å². The van der Waals surface area contributed by atoms with Crippen molar-refractivity contribution in [2.45, 2.75) is 97.7 Å². The Morgan fingerprint density at radius 1 is 1.13 bits per heavy atom. The highest BCUT2D eigenvalue weighted by Gasteiger charge is 2.50. The average molecular weight is 413 g/mol. The molecule has 0 aliphatic heterocycles. The van der Waals surface area contributed by atoms with E-state index in [2.05, 4.69) is 52.5 Å². The molecule has 2 nitrogen and oxygen atoms in total. The van der Waals surface area contributed by atoms with E-state index in [1.807, 2.05) is 13.0 Å². The van der Waals surface area contributed by atoms with Crippen molar-refractivity contribution in [2.75, 3.05) is 0 Å². The minimum absolute atomic E-state index is 0.205. The van der Waals surface area contributed by atoms with Crippen LogP contribution in [-0.4, -0.2) is 21.9 Å². The number of hydrogen-bond acceptors (Lipinski definition) is 2. The van der Waals surface area contributed by atoms with Gasteiger partial charge in [-0.15, -0.1) is 0 Å². The van der Waals surface area contributed by atoms with Gasteiger partial charge in [0.05, 0.1) is 11.7 Å². The summed E-state index contributed by atoms with van der Waals surface area (Å²) in [7, 11) is 0. The van der Waals surface area contributed by atoms with E-state index in [-0.39, 0.29) is 12.0 Å². The lowest BCUT2D eigenvalue weighted by atomic mass is 9.61. The SMILES string of the molecule is C=C1CC[C@H](O)C/C1=C/C=C1\CCC[C@]2(C)[C@@H]([C@H](C)/C=C\[C@@](C)(O)C(C)C)CC[C@@H]12. The summed E-state index contributed by atoms with van der Waals surface area (Å²) in [5.74, 6) is 2.04. The predicted octanol–water partition coefficient (Wildman–Crippen LogP) is 6.76. The van der Waals surface area contributed by atoms with E-state index < -0.39 is 5.60 Å². The number of aliphatic hydroxyl groups is 2. The Hall–Kier alpha value is -1.12. The summed E-state index contributed by atoms with van der Waals surface area (Å²) in [6, 6.07) is 0. The monoisotopic (exact) mass is 412 g/mol. The van der Waals surface area contributed by atoms with Gasteiger partial charge in [0.2, 0.25) is 0 Å². The molecule has 0 aromatic rings. The summed E-state index contributed by atoms with van der Waals surface area (Å²) < 4.78 is 0. The molecule has 0 radical (unpaired) electrons. The Morgan fingerprint density at radius 2 is 1.87 bits per heavy atom. The van der Waals surface area contributed by atoms with Crippen LogP contribution in [0.4, 0.5) is 0 Å². The second kappa shape index (κ2) is 9.17. The van der Waals surface area contributed by atoms with Crippen LogP contribution in [0.15, 0.2) is 47.6 Å². The fourth-order valence-corrected chi connectivity index (χ4v) is 6.21. The van der Waals surface area contributed by atoms with Crippen molar-refractivity contribution in [3.8, 4) is 0 Å². The molecular weight excluding hydrogens is 368 g/mol. The lowest BCUT2D eigenvalue weighted by molar-refractivity contribution is 0.0607. The van der Waals surface area contributed by atoms with Gasteiger partial charge in [0.15, 0.2) is 0 Å². The Kier molecular flexibility index (Phi) is 7.19. The largest absolute Gasteiger partial charge is 0.393 e. The normalized spacial score (nSPS) is 38.4. The average Bonchev–Trinajstić information content (AvgIpc) is 3.04. The van der Waals surface area contributed by atoms with Crippen LogP contribution in [-0.2, 0) is 0 Å². The zero-order chi connectivity index (χ0) is 22.1. The molecule has 3 fully saturated rings. The van der Waals surface area contributed by atoms with Crippen LogP contribution in [0.3, 0.4) is 0 Å². The standard InChI is InChI=1S/C28H44O2/c1-19(2)28(6,30)17-15-21(4)25-13-14-26-22(8-7-16-27(25,26)5)10-11-23-18-24(29)12-9-20(23)3/h10-11,15,17,19,21,24-26,29-30H,3,7-9,12-14,16,18H2,1-2,4-6H3/b17-15-,22-10+,23-11-/t21-,24+,25-,26+,27-,28-/m1/s1. The molecule has 2 N–H and O–H groups in total. The van der Waals surface area contributed by atoms with Gasteiger partial charge < -0.3 is 10.2 Å². The third kappa shape index (κ3) is 4.86. The van der Waals surface area contributed by atoms with Gasteiger partial charge in [0.25, 0.3) is 0 Å². The first-order chi connectivity index (χ1) is 14.0. The number of fused-ring (bicyclic) bond motifs is 1. The highest BCUT2D eigenvalue weighted by molar-refractivity contribution is 5.36. The molecule has 30 heavy (non-hydrogen) atoms. The lowest BCUT2D eigenvalue weighted by Gasteiger charge is -2.44. The fraction of sp³-hybridized carbons (Fsp3) is 0.714. The number of allylic oxidation sites excluding steroid dienone is 5. The zero-order valence-electron chi connectivity index (χ0n) is 20.0. The van der Waals surface area contributed by atoms with E-state index in [0.29, 0.717) is 23.2 Å². The van der Waals surface area contributed by atoms with Gasteiger partial charge in [-0.2, -0.15) is 0 Å². The van der Waals surface area contributed by atoms with Crippen LogP contribution >= 0.6 is 0 Å². The molecule has 168 valence electrons. The maximum absolute atomic E-state index is 10.6. The molecule has 0 saturated heterocycles. The Morgan fingerprint density at radius 3 is 2.57 bits per heavy atom. The molecule has 2 heteroatoms. The summed E-state index contributed by atoms with van der Waals surface area (Å²) in [6.45, 7) is 15.2. The van der Waals surface area contributed by atoms with Gasteiger partial charge in [-0.1, -0.05) is 69.7 Å². The molecule has 3 aliphatic rings. The van der Waals surface area contributed by atoms with Gasteiger partial charge in [0.1, 0.15) is 0 Å². The van der Waals surface area contributed by atoms with Crippen molar-refractivity contribution in [3.63, 3.8) is 0 Å². The quantitative estimate of drug-likeness (QED) is 0.490. The molecular formula is C28H44O2. The molecule has 6 atom stereocenters. The summed E-state index contributed by atoms with van der Waals surface area (Å²) >= 11 is 0. The van der Waals surface area contributed by atoms with Gasteiger partial charge in [-0.25, -0.2) is 0 Å². The van der Waals surface area contributed by atoms with Crippen LogP contribution < -0.4 is 0 Å². The Bertz CT molecular complexity index is 723. The summed E-state index contributed by atoms with van der Waals surface area (Å²) in [6.07, 6.45) is 17.6. The molecule has 0 spiro atoms. The first kappa shape index (κ1) is 23.5. The van der Waals surface area contributed by atoms with Crippen LogP contribution in [0, 0.1) is 29.1 Å². The maximum Gasteiger partial charge on any atom is 0.0822 e. The first-order valence-electron chi connectivity index (χ1n) is 12.2. The van der Waals surface area contributed by atoms with E-state index in [0.717, 1.165) is 19.3 Å². The minimum atomic E-state index is -0.732. The van der Waals surface area contributed by atoms with Crippen molar-refractivity contribution in [1.29, 1.82) is 0 Å². The molecule has 0 heterocycles. The van der Waals surface area contributed by atoms with Gasteiger partial charge >= 0.3 is 0 Å². The molecule has 0 bridgehead atoms. The number of aliphatic hydroxyl groups excluding tert-OH is 1. The molecule has 0 aromatic carbocycles. The summed E-state index contributed by atoms with van der Waals surface area (Å²) in [4.78, 5) is 0. The molecule has 0 unspecified atom stereocenters. The van der Waals surface area contributed by atoms with Crippen LogP contribution in [0.2, 0.25) is 0 Å². The van der Waals surface area contributed by atoms with Crippen LogP contribution in [0.1, 0.15) is 86.0 Å². The molecule has 3 saturated carbocycles. The van der Waals surface area contributed by atoms with Crippen molar-refractivity contribution in [3.05, 3.63) is 47.6 Å². The van der Waals surface area contributed by atoms with Crippen molar-refractivity contribution < 1.29 is 10.2 Å². The molecule has 0 amide bonds. The van der Waals surface area contributed by atoms with Crippen LogP contribution in [0.25, 0.3) is 0 Å². The maximum atomic E-state index is 10.6. The number of hydrogen-bond donors (Lipinski definition) is 2. The van der Waals surface area contributed by atoms with Crippen LogP contribution in [0.5, 0.6) is 0 Å². The Balaban J connectivity index is 1.76. The molecule has 3 aliphatic carbocycles. The van der Waals surface area contributed by atoms with E-state index in [9.17, 15) is 10.2 Å². The predicted molar refractivity (Wildman–Crippen MR) is 127 cm³/mol. The zero-order valence-corrected chi connectivity index (χ0v) is 20.0. The summed E-state index contributed by atoms with van der Waals surface area (Å²) in [5.41, 5.74) is 3.67. The van der Waals surface area contributed by atoms with E-state index in [1.54, 1.807) is 5.57 Å².